The van der Waals surface area contributed by atoms with Gasteiger partial charge in [-0.3, -0.25) is 0 Å². The van der Waals surface area contributed by atoms with Gasteiger partial charge in [0.2, 0.25) is 0 Å². The summed E-state index contributed by atoms with van der Waals surface area (Å²) in [5.41, 5.74) is 1.14. The number of fused-ring (bicyclic) bond motifs is 3. The molecule has 132 valence electrons. The first-order valence-electron chi connectivity index (χ1n) is 7.97. The van der Waals surface area contributed by atoms with Crippen LogP contribution in [0.2, 0.25) is 0 Å². The highest BCUT2D eigenvalue weighted by Crippen LogP contribution is 2.41. The molecular formula is C16H23N3O3S2. The molecule has 6 nitrogen and oxygen atoms in total. The van der Waals surface area contributed by atoms with Gasteiger partial charge in [0.1, 0.15) is 10.6 Å². The Morgan fingerprint density at radius 3 is 2.96 bits per heavy atom. The molecule has 0 radical (unpaired) electrons. The first-order valence-corrected chi connectivity index (χ1v) is 10.0. The first-order chi connectivity index (χ1) is 11.5. The summed E-state index contributed by atoms with van der Waals surface area (Å²) in [5, 5.41) is 14.0. The predicted octanol–water partition coefficient (Wildman–Crippen LogP) is 2.69. The number of thiophene rings is 1. The fraction of sp³-hybridized carbons (Fsp3) is 0.625. The van der Waals surface area contributed by atoms with Gasteiger partial charge in [-0.05, 0) is 25.7 Å². The van der Waals surface area contributed by atoms with Gasteiger partial charge in [-0.15, -0.1) is 11.3 Å². The SMILES string of the molecule is CSc1nc(NCCOCCO)c2c3c(sc2n1)COC(C)(C)C3. The summed E-state index contributed by atoms with van der Waals surface area (Å²) in [4.78, 5) is 11.6. The van der Waals surface area contributed by atoms with Crippen molar-refractivity contribution in [2.24, 2.45) is 0 Å². The molecule has 0 aromatic carbocycles. The highest BCUT2D eigenvalue weighted by molar-refractivity contribution is 7.98. The molecule has 0 unspecified atom stereocenters. The molecule has 8 heteroatoms. The number of ether oxygens (including phenoxy) is 2. The smallest absolute Gasteiger partial charge is 0.190 e. The van der Waals surface area contributed by atoms with Crippen LogP contribution in [0, 0.1) is 0 Å². The zero-order chi connectivity index (χ0) is 17.2. The van der Waals surface area contributed by atoms with Crippen LogP contribution in [0.1, 0.15) is 24.3 Å². The Kier molecular flexibility index (Phi) is 5.61. The van der Waals surface area contributed by atoms with E-state index in [1.807, 2.05) is 6.26 Å². The van der Waals surface area contributed by atoms with Gasteiger partial charge in [0.25, 0.3) is 0 Å². The molecule has 2 aromatic heterocycles. The van der Waals surface area contributed by atoms with Crippen molar-refractivity contribution < 1.29 is 14.6 Å². The third-order valence-corrected chi connectivity index (χ3v) is 5.51. The molecule has 0 atom stereocenters. The summed E-state index contributed by atoms with van der Waals surface area (Å²) in [6.45, 7) is 6.44. The van der Waals surface area contributed by atoms with E-state index < -0.39 is 0 Å². The monoisotopic (exact) mass is 369 g/mol. The lowest BCUT2D eigenvalue weighted by Crippen LogP contribution is -2.31. The van der Waals surface area contributed by atoms with Crippen molar-refractivity contribution in [2.45, 2.75) is 37.6 Å². The van der Waals surface area contributed by atoms with Crippen molar-refractivity contribution >= 4 is 39.1 Å². The number of anilines is 1. The van der Waals surface area contributed by atoms with Crippen LogP contribution < -0.4 is 5.32 Å². The van der Waals surface area contributed by atoms with Gasteiger partial charge >= 0.3 is 0 Å². The summed E-state index contributed by atoms with van der Waals surface area (Å²) in [7, 11) is 0. The molecule has 0 amide bonds. The highest BCUT2D eigenvalue weighted by Gasteiger charge is 2.30. The molecule has 2 aromatic rings. The Hall–Kier alpha value is -0.930. The number of rotatable bonds is 7. The molecule has 0 saturated heterocycles. The Morgan fingerprint density at radius 1 is 1.38 bits per heavy atom. The number of hydrogen-bond acceptors (Lipinski definition) is 8. The Balaban J connectivity index is 1.92. The maximum Gasteiger partial charge on any atom is 0.190 e. The van der Waals surface area contributed by atoms with Crippen molar-refractivity contribution in [3.8, 4) is 0 Å². The van der Waals surface area contributed by atoms with Gasteiger partial charge in [-0.2, -0.15) is 0 Å². The van der Waals surface area contributed by atoms with E-state index in [9.17, 15) is 0 Å². The molecule has 0 aliphatic carbocycles. The molecule has 1 aliphatic heterocycles. The number of thioether (sulfide) groups is 1. The maximum atomic E-state index is 8.77. The molecule has 2 N–H and O–H groups in total. The van der Waals surface area contributed by atoms with Crippen molar-refractivity contribution in [1.29, 1.82) is 0 Å². The van der Waals surface area contributed by atoms with Gasteiger partial charge in [0.05, 0.1) is 37.4 Å². The molecule has 1 aliphatic rings. The summed E-state index contributed by atoms with van der Waals surface area (Å²) in [6, 6.07) is 0. The highest BCUT2D eigenvalue weighted by atomic mass is 32.2. The van der Waals surface area contributed by atoms with Crippen LogP contribution in [0.5, 0.6) is 0 Å². The topological polar surface area (TPSA) is 76.5 Å². The van der Waals surface area contributed by atoms with E-state index >= 15 is 0 Å². The molecule has 3 rings (SSSR count). The van der Waals surface area contributed by atoms with Crippen LogP contribution in [0.15, 0.2) is 5.16 Å². The molecular weight excluding hydrogens is 346 g/mol. The lowest BCUT2D eigenvalue weighted by molar-refractivity contribution is -0.0379. The van der Waals surface area contributed by atoms with E-state index in [4.69, 9.17) is 14.6 Å². The van der Waals surface area contributed by atoms with Crippen LogP contribution in [0.3, 0.4) is 0 Å². The normalized spacial score (nSPS) is 16.3. The van der Waals surface area contributed by atoms with E-state index in [1.54, 1.807) is 11.3 Å². The number of nitrogens with one attached hydrogen (secondary N) is 1. The first kappa shape index (κ1) is 17.9. The molecule has 24 heavy (non-hydrogen) atoms. The van der Waals surface area contributed by atoms with Crippen molar-refractivity contribution in [2.75, 3.05) is 37.9 Å². The zero-order valence-electron chi connectivity index (χ0n) is 14.2. The summed E-state index contributed by atoms with van der Waals surface area (Å²) in [6.07, 6.45) is 2.84. The summed E-state index contributed by atoms with van der Waals surface area (Å²) < 4.78 is 11.3. The third-order valence-electron chi connectivity index (χ3n) is 3.87. The van der Waals surface area contributed by atoms with Gasteiger partial charge in [-0.25, -0.2) is 9.97 Å². The van der Waals surface area contributed by atoms with E-state index in [1.165, 1.54) is 22.2 Å². The number of aliphatic hydroxyl groups excluding tert-OH is 1. The fourth-order valence-corrected chi connectivity index (χ4v) is 4.28. The Bertz CT molecular complexity index is 718. The molecule has 0 saturated carbocycles. The zero-order valence-corrected chi connectivity index (χ0v) is 15.9. The second kappa shape index (κ2) is 7.53. The number of aliphatic hydroxyl groups is 1. The van der Waals surface area contributed by atoms with E-state index in [-0.39, 0.29) is 12.2 Å². The minimum Gasteiger partial charge on any atom is -0.394 e. The Morgan fingerprint density at radius 2 is 2.21 bits per heavy atom. The third kappa shape index (κ3) is 3.83. The summed E-state index contributed by atoms with van der Waals surface area (Å²) in [5.74, 6) is 0.868. The van der Waals surface area contributed by atoms with E-state index in [0.29, 0.717) is 26.4 Å². The fourth-order valence-electron chi connectivity index (χ4n) is 2.75. The van der Waals surface area contributed by atoms with Gasteiger partial charge in [0.15, 0.2) is 5.16 Å². The van der Waals surface area contributed by atoms with Crippen molar-refractivity contribution in [3.63, 3.8) is 0 Å². The van der Waals surface area contributed by atoms with Gasteiger partial charge in [-0.1, -0.05) is 11.8 Å². The van der Waals surface area contributed by atoms with E-state index in [2.05, 4.69) is 29.1 Å². The lowest BCUT2D eigenvalue weighted by atomic mass is 9.94. The average Bonchev–Trinajstić information content (AvgIpc) is 2.91. The van der Waals surface area contributed by atoms with Crippen LogP contribution in [0.25, 0.3) is 10.2 Å². The summed E-state index contributed by atoms with van der Waals surface area (Å²) >= 11 is 3.24. The van der Waals surface area contributed by atoms with Crippen molar-refractivity contribution in [3.05, 3.63) is 10.4 Å². The van der Waals surface area contributed by atoms with Gasteiger partial charge in [0, 0.05) is 17.8 Å². The largest absolute Gasteiger partial charge is 0.394 e. The van der Waals surface area contributed by atoms with Gasteiger partial charge < -0.3 is 19.9 Å². The number of nitrogens with zero attached hydrogens (tertiary/aromatic N) is 2. The van der Waals surface area contributed by atoms with Crippen LogP contribution in [-0.2, 0) is 22.5 Å². The van der Waals surface area contributed by atoms with Crippen LogP contribution in [-0.4, -0.2) is 53.3 Å². The molecule has 0 spiro atoms. The van der Waals surface area contributed by atoms with Crippen LogP contribution in [0.4, 0.5) is 5.82 Å². The Labute approximate surface area is 150 Å². The number of hydrogen-bond donors (Lipinski definition) is 2. The average molecular weight is 370 g/mol. The molecule has 0 fully saturated rings. The quantitative estimate of drug-likeness (QED) is 0.441. The molecule has 0 bridgehead atoms. The predicted molar refractivity (Wildman–Crippen MR) is 98.2 cm³/mol. The standard InChI is InChI=1S/C16H23N3O3S2/c1-16(2)8-10-11(9-22-16)24-14-12(10)13(18-15(19-14)23-3)17-4-6-21-7-5-20/h20H,4-9H2,1-3H3,(H,17,18,19). The minimum atomic E-state index is -0.166. The lowest BCUT2D eigenvalue weighted by Gasteiger charge is -2.30. The molecule has 3 heterocycles. The minimum absolute atomic E-state index is 0.0432. The maximum absolute atomic E-state index is 8.77. The second-order valence-electron chi connectivity index (χ2n) is 6.23. The van der Waals surface area contributed by atoms with E-state index in [0.717, 1.165) is 27.6 Å². The number of aromatic nitrogens is 2. The van der Waals surface area contributed by atoms with Crippen molar-refractivity contribution in [1.82, 2.24) is 9.97 Å². The van der Waals surface area contributed by atoms with Crippen LogP contribution >= 0.6 is 23.1 Å². The second-order valence-corrected chi connectivity index (χ2v) is 8.09.